The SMILES string of the molecule is CCC(=O)N1C=CCC=N1. The van der Waals surface area contributed by atoms with Gasteiger partial charge in [0, 0.05) is 25.3 Å². The molecule has 1 heterocycles. The predicted octanol–water partition coefficient (Wildman–Crippen LogP) is 1.13. The number of allylic oxidation sites excluding steroid dienone is 1. The zero-order chi connectivity index (χ0) is 7.40. The summed E-state index contributed by atoms with van der Waals surface area (Å²) in [4.78, 5) is 10.9. The van der Waals surface area contributed by atoms with Crippen molar-refractivity contribution >= 4 is 12.1 Å². The summed E-state index contributed by atoms with van der Waals surface area (Å²) in [7, 11) is 0. The van der Waals surface area contributed by atoms with Gasteiger partial charge in [-0.3, -0.25) is 4.79 Å². The van der Waals surface area contributed by atoms with E-state index in [1.54, 1.807) is 12.4 Å². The maximum absolute atomic E-state index is 10.9. The Labute approximate surface area is 60.0 Å². The number of nitrogens with zero attached hydrogens (tertiary/aromatic N) is 2. The Morgan fingerprint density at radius 3 is 3.10 bits per heavy atom. The second-order valence-electron chi connectivity index (χ2n) is 2.01. The van der Waals surface area contributed by atoms with Crippen LogP contribution in [0.2, 0.25) is 0 Å². The molecule has 0 saturated carbocycles. The molecule has 0 aliphatic carbocycles. The second-order valence-corrected chi connectivity index (χ2v) is 2.01. The van der Waals surface area contributed by atoms with Crippen LogP contribution in [0.5, 0.6) is 0 Å². The Hall–Kier alpha value is -1.12. The molecule has 3 heteroatoms. The number of carbonyl (C=O) groups excluding carboxylic acids is 1. The number of amides is 1. The van der Waals surface area contributed by atoms with E-state index in [0.29, 0.717) is 6.42 Å². The van der Waals surface area contributed by atoms with Gasteiger partial charge in [-0.25, -0.2) is 5.01 Å². The zero-order valence-electron chi connectivity index (χ0n) is 5.95. The molecule has 0 unspecified atom stereocenters. The number of hydrogen-bond acceptors (Lipinski definition) is 2. The van der Waals surface area contributed by atoms with Crippen LogP contribution in [0, 0.1) is 0 Å². The smallest absolute Gasteiger partial charge is 0.246 e. The van der Waals surface area contributed by atoms with Crippen molar-refractivity contribution in [2.75, 3.05) is 0 Å². The molecule has 1 aliphatic heterocycles. The quantitative estimate of drug-likeness (QED) is 0.534. The van der Waals surface area contributed by atoms with E-state index in [4.69, 9.17) is 0 Å². The van der Waals surface area contributed by atoms with Crippen LogP contribution >= 0.6 is 0 Å². The lowest BCUT2D eigenvalue weighted by Gasteiger charge is -2.12. The van der Waals surface area contributed by atoms with Crippen LogP contribution in [-0.4, -0.2) is 17.1 Å². The Morgan fingerprint density at radius 2 is 2.60 bits per heavy atom. The predicted molar refractivity (Wildman–Crippen MR) is 39.4 cm³/mol. The molecule has 1 amide bonds. The van der Waals surface area contributed by atoms with Crippen molar-refractivity contribution in [1.82, 2.24) is 5.01 Å². The van der Waals surface area contributed by atoms with Gasteiger partial charge in [0.1, 0.15) is 0 Å². The molecule has 0 bridgehead atoms. The molecule has 1 aliphatic rings. The number of hydrazone groups is 1. The third-order valence-electron chi connectivity index (χ3n) is 1.25. The Balaban J connectivity index is 2.55. The first-order chi connectivity index (χ1) is 4.84. The Kier molecular flexibility index (Phi) is 2.20. The van der Waals surface area contributed by atoms with Crippen molar-refractivity contribution in [3.8, 4) is 0 Å². The van der Waals surface area contributed by atoms with E-state index in [0.717, 1.165) is 6.42 Å². The van der Waals surface area contributed by atoms with E-state index in [1.807, 2.05) is 13.0 Å². The molecular formula is C7H10N2O. The van der Waals surface area contributed by atoms with Gasteiger partial charge in [-0.15, -0.1) is 0 Å². The van der Waals surface area contributed by atoms with Gasteiger partial charge in [0.05, 0.1) is 0 Å². The molecule has 0 fully saturated rings. The van der Waals surface area contributed by atoms with Crippen molar-refractivity contribution < 1.29 is 4.79 Å². The summed E-state index contributed by atoms with van der Waals surface area (Å²) < 4.78 is 0. The van der Waals surface area contributed by atoms with E-state index >= 15 is 0 Å². The van der Waals surface area contributed by atoms with Crippen molar-refractivity contribution in [2.45, 2.75) is 19.8 Å². The minimum atomic E-state index is 0.0344. The molecule has 10 heavy (non-hydrogen) atoms. The van der Waals surface area contributed by atoms with E-state index in [1.165, 1.54) is 5.01 Å². The first-order valence-electron chi connectivity index (χ1n) is 3.35. The fourth-order valence-electron chi connectivity index (χ4n) is 0.705. The average molecular weight is 138 g/mol. The van der Waals surface area contributed by atoms with Crippen molar-refractivity contribution in [1.29, 1.82) is 0 Å². The lowest BCUT2D eigenvalue weighted by Crippen LogP contribution is -2.20. The number of carbonyl (C=O) groups is 1. The summed E-state index contributed by atoms with van der Waals surface area (Å²) in [6, 6.07) is 0. The van der Waals surface area contributed by atoms with Gasteiger partial charge < -0.3 is 0 Å². The summed E-state index contributed by atoms with van der Waals surface area (Å²) in [5.74, 6) is 0.0344. The van der Waals surface area contributed by atoms with Crippen molar-refractivity contribution in [3.05, 3.63) is 12.3 Å². The minimum absolute atomic E-state index is 0.0344. The Bertz CT molecular complexity index is 172. The number of hydrogen-bond donors (Lipinski definition) is 0. The molecule has 0 aromatic rings. The van der Waals surface area contributed by atoms with Crippen molar-refractivity contribution in [3.63, 3.8) is 0 Å². The average Bonchev–Trinajstić information content (AvgIpc) is 2.05. The summed E-state index contributed by atoms with van der Waals surface area (Å²) in [6.07, 6.45) is 6.65. The summed E-state index contributed by atoms with van der Waals surface area (Å²) >= 11 is 0. The fourth-order valence-corrected chi connectivity index (χ4v) is 0.705. The van der Waals surface area contributed by atoms with Gasteiger partial charge in [0.2, 0.25) is 5.91 Å². The van der Waals surface area contributed by atoms with Gasteiger partial charge in [-0.2, -0.15) is 5.10 Å². The lowest BCUT2D eigenvalue weighted by atomic mass is 10.4. The molecule has 0 atom stereocenters. The van der Waals surface area contributed by atoms with Crippen LogP contribution in [0.15, 0.2) is 17.4 Å². The second kappa shape index (κ2) is 3.15. The normalized spacial score (nSPS) is 15.9. The highest BCUT2D eigenvalue weighted by Crippen LogP contribution is 2.00. The highest BCUT2D eigenvalue weighted by molar-refractivity contribution is 5.78. The van der Waals surface area contributed by atoms with Crippen LogP contribution in [0.25, 0.3) is 0 Å². The molecule has 0 aromatic carbocycles. The highest BCUT2D eigenvalue weighted by Gasteiger charge is 2.06. The molecule has 3 nitrogen and oxygen atoms in total. The van der Waals surface area contributed by atoms with Crippen LogP contribution in [0.4, 0.5) is 0 Å². The van der Waals surface area contributed by atoms with Gasteiger partial charge in [0.15, 0.2) is 0 Å². The monoisotopic (exact) mass is 138 g/mol. The molecule has 54 valence electrons. The molecule has 0 saturated heterocycles. The lowest BCUT2D eigenvalue weighted by molar-refractivity contribution is -0.128. The maximum atomic E-state index is 10.9. The number of rotatable bonds is 1. The van der Waals surface area contributed by atoms with E-state index < -0.39 is 0 Å². The molecule has 0 spiro atoms. The minimum Gasteiger partial charge on any atom is -0.273 e. The fraction of sp³-hybridized carbons (Fsp3) is 0.429. The molecular weight excluding hydrogens is 128 g/mol. The van der Waals surface area contributed by atoms with Gasteiger partial charge >= 0.3 is 0 Å². The van der Waals surface area contributed by atoms with E-state index in [-0.39, 0.29) is 5.91 Å². The third-order valence-corrected chi connectivity index (χ3v) is 1.25. The van der Waals surface area contributed by atoms with Crippen molar-refractivity contribution in [2.24, 2.45) is 5.10 Å². The van der Waals surface area contributed by atoms with Gasteiger partial charge in [-0.1, -0.05) is 13.0 Å². The Morgan fingerprint density at radius 1 is 1.80 bits per heavy atom. The zero-order valence-corrected chi connectivity index (χ0v) is 5.95. The van der Waals surface area contributed by atoms with E-state index in [9.17, 15) is 4.79 Å². The van der Waals surface area contributed by atoms with Crippen LogP contribution in [0.1, 0.15) is 19.8 Å². The first kappa shape index (κ1) is 6.99. The third kappa shape index (κ3) is 1.43. The standard InChI is InChI=1S/C7H10N2O/c1-2-7(10)9-6-4-3-5-8-9/h4-6H,2-3H2,1H3. The highest BCUT2D eigenvalue weighted by atomic mass is 16.2. The largest absolute Gasteiger partial charge is 0.273 e. The molecule has 1 rings (SSSR count). The van der Waals surface area contributed by atoms with Gasteiger partial charge in [0.25, 0.3) is 0 Å². The summed E-state index contributed by atoms with van der Waals surface area (Å²) in [6.45, 7) is 1.82. The van der Waals surface area contributed by atoms with E-state index in [2.05, 4.69) is 5.10 Å². The summed E-state index contributed by atoms with van der Waals surface area (Å²) in [5.41, 5.74) is 0. The van der Waals surface area contributed by atoms with Crippen LogP contribution in [0.3, 0.4) is 0 Å². The maximum Gasteiger partial charge on any atom is 0.246 e. The summed E-state index contributed by atoms with van der Waals surface area (Å²) in [5, 5.41) is 5.24. The topological polar surface area (TPSA) is 32.7 Å². The van der Waals surface area contributed by atoms with Crippen LogP contribution in [-0.2, 0) is 4.79 Å². The first-order valence-corrected chi connectivity index (χ1v) is 3.35. The molecule has 0 aromatic heterocycles. The molecule has 0 N–H and O–H groups in total. The molecule has 0 radical (unpaired) electrons. The van der Waals surface area contributed by atoms with Gasteiger partial charge in [-0.05, 0) is 0 Å². The van der Waals surface area contributed by atoms with Crippen LogP contribution < -0.4 is 0 Å².